The largest absolute Gasteiger partial charge is 0.490 e. The van der Waals surface area contributed by atoms with Crippen LogP contribution >= 0.6 is 0 Å². The predicted octanol–water partition coefficient (Wildman–Crippen LogP) is 18.3. The monoisotopic (exact) mass is 907 g/mol. The number of hydrogen-bond acceptors (Lipinski definition) is 6. The van der Waals surface area contributed by atoms with E-state index in [1.807, 2.05) is 0 Å². The minimum atomic E-state index is 0.663. The summed E-state index contributed by atoms with van der Waals surface area (Å²) in [5, 5.41) is 0. The van der Waals surface area contributed by atoms with Crippen molar-refractivity contribution in [2.45, 2.75) is 196 Å². The summed E-state index contributed by atoms with van der Waals surface area (Å²) in [7, 11) is 0. The summed E-state index contributed by atoms with van der Waals surface area (Å²) in [6.07, 6.45) is 40.8. The molecule has 0 fully saturated rings. The molecule has 0 aliphatic heterocycles. The van der Waals surface area contributed by atoms with Crippen LogP contribution < -0.4 is 28.4 Å². The molecule has 66 heavy (non-hydrogen) atoms. The molecule has 366 valence electrons. The summed E-state index contributed by atoms with van der Waals surface area (Å²) in [4.78, 5) is 0. The smallest absolute Gasteiger partial charge is 0.161 e. The molecule has 4 rings (SSSR count). The number of benzene rings is 3. The zero-order valence-corrected chi connectivity index (χ0v) is 42.6. The van der Waals surface area contributed by atoms with Crippen molar-refractivity contribution in [3.63, 3.8) is 0 Å². The van der Waals surface area contributed by atoms with Crippen molar-refractivity contribution in [3.8, 4) is 34.5 Å². The van der Waals surface area contributed by atoms with Gasteiger partial charge >= 0.3 is 0 Å². The van der Waals surface area contributed by atoms with Crippen LogP contribution in [0.2, 0.25) is 0 Å². The first-order chi connectivity index (χ1) is 32.5. The Morgan fingerprint density at radius 3 is 0.500 bits per heavy atom. The Balaban J connectivity index is 1.89. The lowest BCUT2D eigenvalue weighted by molar-refractivity contribution is 0.258. The first-order valence-corrected chi connectivity index (χ1v) is 26.9. The van der Waals surface area contributed by atoms with Gasteiger partial charge in [-0.3, -0.25) is 0 Å². The van der Waals surface area contributed by atoms with E-state index in [1.54, 1.807) is 0 Å². The molecule has 0 aromatic heterocycles. The molecule has 0 heterocycles. The predicted molar refractivity (Wildman–Crippen MR) is 284 cm³/mol. The molecule has 0 radical (unpaired) electrons. The topological polar surface area (TPSA) is 55.4 Å². The molecule has 0 spiro atoms. The lowest BCUT2D eigenvalue weighted by Crippen LogP contribution is -2.04. The quantitative estimate of drug-likeness (QED) is 0.0424. The van der Waals surface area contributed by atoms with Crippen LogP contribution in [-0.4, -0.2) is 39.6 Å². The fourth-order valence-corrected chi connectivity index (χ4v) is 8.12. The van der Waals surface area contributed by atoms with Gasteiger partial charge in [-0.1, -0.05) is 194 Å². The Morgan fingerprint density at radius 2 is 0.364 bits per heavy atom. The van der Waals surface area contributed by atoms with Gasteiger partial charge in [0.05, 0.1) is 39.6 Å². The first kappa shape index (κ1) is 54.3. The van der Waals surface area contributed by atoms with Crippen LogP contribution in [0.15, 0.2) is 36.4 Å². The van der Waals surface area contributed by atoms with Gasteiger partial charge in [-0.2, -0.15) is 0 Å². The highest BCUT2D eigenvalue weighted by Gasteiger charge is 2.16. The third kappa shape index (κ3) is 20.3. The summed E-state index contributed by atoms with van der Waals surface area (Å²) in [6.45, 7) is 17.5. The molecule has 6 nitrogen and oxygen atoms in total. The standard InChI is InChI=1S/C60H90O6/c1-7-13-19-25-37-61-55-43-49-31-32-51-45-57(63-39-27-21-15-9-3)59(65-41-29-23-17-11-5)47-53(51)35-36-54-48-60(66-42-30-24-18-12-6)58(64-40-28-22-16-10-4)46-52(54)34-33-50(49)44-56(55)62-38-26-20-14-8-2/h31-36,43-48H,7-30,37-42H2,1-6H3/b32-31+,34-33+,36-35+,49-31?,50-33?,51-32?,52-34?,53-35?,54-36?. The van der Waals surface area contributed by atoms with Gasteiger partial charge in [-0.05, 0) is 108 Å². The van der Waals surface area contributed by atoms with Crippen LogP contribution in [0.25, 0.3) is 36.5 Å². The molecular weight excluding hydrogens is 817 g/mol. The van der Waals surface area contributed by atoms with Crippen LogP contribution in [0, 0.1) is 0 Å². The second kappa shape index (κ2) is 34.0. The summed E-state index contributed by atoms with van der Waals surface area (Å²) < 4.78 is 39.5. The highest BCUT2D eigenvalue weighted by Crippen LogP contribution is 2.39. The van der Waals surface area contributed by atoms with E-state index in [2.05, 4.69) is 114 Å². The molecule has 0 saturated carbocycles. The Kier molecular flexibility index (Phi) is 28.0. The first-order valence-electron chi connectivity index (χ1n) is 26.9. The summed E-state index contributed by atoms with van der Waals surface area (Å²) in [5.74, 6) is 4.80. The highest BCUT2D eigenvalue weighted by atomic mass is 16.5. The van der Waals surface area contributed by atoms with E-state index < -0.39 is 0 Å². The third-order valence-corrected chi connectivity index (χ3v) is 12.3. The van der Waals surface area contributed by atoms with E-state index in [0.29, 0.717) is 39.6 Å². The van der Waals surface area contributed by atoms with Gasteiger partial charge in [0.25, 0.3) is 0 Å². The van der Waals surface area contributed by atoms with Crippen molar-refractivity contribution >= 4 is 36.5 Å². The van der Waals surface area contributed by atoms with E-state index in [9.17, 15) is 0 Å². The maximum atomic E-state index is 6.58. The molecular formula is C60H90O6. The molecule has 1 aliphatic carbocycles. The van der Waals surface area contributed by atoms with Crippen molar-refractivity contribution in [1.82, 2.24) is 0 Å². The molecule has 0 atom stereocenters. The molecule has 1 aliphatic rings. The zero-order chi connectivity index (χ0) is 46.9. The number of ether oxygens (including phenoxy) is 6. The summed E-state index contributed by atoms with van der Waals surface area (Å²) in [6, 6.07) is 13.1. The van der Waals surface area contributed by atoms with E-state index >= 15 is 0 Å². The Hall–Kier alpha value is -4.32. The second-order valence-corrected chi connectivity index (χ2v) is 18.2. The van der Waals surface area contributed by atoms with Crippen LogP contribution in [0.1, 0.15) is 229 Å². The number of fused-ring (bicyclic) bond motifs is 3. The Labute approximate surface area is 402 Å². The average molecular weight is 907 g/mol. The SMILES string of the molecule is CCCCCCOc1cc2c(cc1OCCCCCC)/C=C/c1cc(OCCCCCC)c(OCCCCCC)cc1/C=C/c1cc(OCCCCCC)c(OCCCCCC)cc1/C=C/2. The van der Waals surface area contributed by atoms with Crippen LogP contribution in [0.5, 0.6) is 34.5 Å². The minimum absolute atomic E-state index is 0.663. The number of rotatable bonds is 36. The van der Waals surface area contributed by atoms with Crippen molar-refractivity contribution in [2.75, 3.05) is 39.6 Å². The van der Waals surface area contributed by atoms with Gasteiger partial charge < -0.3 is 28.4 Å². The van der Waals surface area contributed by atoms with Crippen LogP contribution in [0.4, 0.5) is 0 Å². The van der Waals surface area contributed by atoms with Gasteiger partial charge in [0.15, 0.2) is 34.5 Å². The normalized spacial score (nSPS) is 13.4. The fourth-order valence-electron chi connectivity index (χ4n) is 8.12. The van der Waals surface area contributed by atoms with Crippen LogP contribution in [0.3, 0.4) is 0 Å². The molecule has 3 aromatic rings. The fraction of sp³-hybridized carbons (Fsp3) is 0.600. The van der Waals surface area contributed by atoms with E-state index in [-0.39, 0.29) is 0 Å². The maximum Gasteiger partial charge on any atom is 0.161 e. The number of hydrogen-bond donors (Lipinski definition) is 0. The Morgan fingerprint density at radius 1 is 0.212 bits per heavy atom. The van der Waals surface area contributed by atoms with Crippen molar-refractivity contribution in [2.24, 2.45) is 0 Å². The molecule has 0 amide bonds. The summed E-state index contributed by atoms with van der Waals surface area (Å²) >= 11 is 0. The molecule has 0 bridgehead atoms. The molecule has 6 heteroatoms. The van der Waals surface area contributed by atoms with E-state index in [0.717, 1.165) is 145 Å². The highest BCUT2D eigenvalue weighted by molar-refractivity contribution is 5.88. The van der Waals surface area contributed by atoms with E-state index in [4.69, 9.17) is 28.4 Å². The lowest BCUT2D eigenvalue weighted by Gasteiger charge is -2.18. The lowest BCUT2D eigenvalue weighted by atomic mass is 9.97. The van der Waals surface area contributed by atoms with Crippen molar-refractivity contribution < 1.29 is 28.4 Å². The Bertz CT molecular complexity index is 1510. The van der Waals surface area contributed by atoms with Crippen molar-refractivity contribution in [3.05, 3.63) is 69.8 Å². The van der Waals surface area contributed by atoms with Gasteiger partial charge in [0.2, 0.25) is 0 Å². The van der Waals surface area contributed by atoms with Crippen molar-refractivity contribution in [1.29, 1.82) is 0 Å². The van der Waals surface area contributed by atoms with Gasteiger partial charge in [-0.15, -0.1) is 0 Å². The maximum absolute atomic E-state index is 6.58. The average Bonchev–Trinajstić information content (AvgIpc) is 3.32. The van der Waals surface area contributed by atoms with E-state index in [1.165, 1.54) is 77.0 Å². The second-order valence-electron chi connectivity index (χ2n) is 18.2. The van der Waals surface area contributed by atoms with Gasteiger partial charge in [-0.25, -0.2) is 0 Å². The summed E-state index contributed by atoms with van der Waals surface area (Å²) in [5.41, 5.74) is 6.35. The molecule has 0 unspecified atom stereocenters. The van der Waals surface area contributed by atoms with Gasteiger partial charge in [0, 0.05) is 0 Å². The molecule has 0 saturated heterocycles. The third-order valence-electron chi connectivity index (χ3n) is 12.3. The minimum Gasteiger partial charge on any atom is -0.490 e. The zero-order valence-electron chi connectivity index (χ0n) is 42.6. The van der Waals surface area contributed by atoms with Gasteiger partial charge in [0.1, 0.15) is 0 Å². The number of unbranched alkanes of at least 4 members (excludes halogenated alkanes) is 18. The molecule has 0 N–H and O–H groups in total. The molecule has 3 aromatic carbocycles. The van der Waals surface area contributed by atoms with Crippen LogP contribution in [-0.2, 0) is 0 Å².